The predicted molar refractivity (Wildman–Crippen MR) is 99.0 cm³/mol. The van der Waals surface area contributed by atoms with Crippen LogP contribution in [0, 0.1) is 13.8 Å². The number of hydrogen-bond acceptors (Lipinski definition) is 4. The highest BCUT2D eigenvalue weighted by Gasteiger charge is 2.14. The number of benzene rings is 2. The van der Waals surface area contributed by atoms with Gasteiger partial charge in [0.25, 0.3) is 0 Å². The Morgan fingerprint density at radius 1 is 0.960 bits per heavy atom. The third-order valence-electron chi connectivity index (χ3n) is 4.07. The number of ether oxygens (including phenoxy) is 3. The van der Waals surface area contributed by atoms with E-state index in [0.717, 1.165) is 0 Å². The van der Waals surface area contributed by atoms with E-state index < -0.39 is 0 Å². The zero-order valence-electron chi connectivity index (χ0n) is 15.4. The number of hydrogen-bond donors (Lipinski definition) is 1. The van der Waals surface area contributed by atoms with Gasteiger partial charge in [0, 0.05) is 24.2 Å². The van der Waals surface area contributed by atoms with Crippen molar-refractivity contribution < 1.29 is 19.0 Å². The SMILES string of the molecule is COc1cc(NC(=O)CCc2ccc(C)cc2C)cc(OC)c1OC. The summed E-state index contributed by atoms with van der Waals surface area (Å²) in [4.78, 5) is 12.3. The molecule has 0 atom stereocenters. The van der Waals surface area contributed by atoms with Crippen LogP contribution in [0.15, 0.2) is 30.3 Å². The number of carbonyl (C=O) groups excluding carboxylic acids is 1. The fourth-order valence-electron chi connectivity index (χ4n) is 2.75. The van der Waals surface area contributed by atoms with E-state index in [1.165, 1.54) is 16.7 Å². The van der Waals surface area contributed by atoms with E-state index in [-0.39, 0.29) is 5.91 Å². The summed E-state index contributed by atoms with van der Waals surface area (Å²) < 4.78 is 15.9. The van der Waals surface area contributed by atoms with E-state index in [0.29, 0.717) is 35.8 Å². The molecule has 2 aromatic rings. The van der Waals surface area contributed by atoms with Crippen molar-refractivity contribution >= 4 is 11.6 Å². The molecule has 1 N–H and O–H groups in total. The lowest BCUT2D eigenvalue weighted by atomic mass is 10.0. The molecule has 0 aliphatic carbocycles. The molecular formula is C20H25NO4. The van der Waals surface area contributed by atoms with Crippen molar-refractivity contribution in [1.29, 1.82) is 0 Å². The van der Waals surface area contributed by atoms with Gasteiger partial charge >= 0.3 is 0 Å². The Balaban J connectivity index is 2.07. The van der Waals surface area contributed by atoms with Gasteiger partial charge in [-0.15, -0.1) is 0 Å². The first kappa shape index (κ1) is 18.6. The van der Waals surface area contributed by atoms with Crippen LogP contribution in [0.5, 0.6) is 17.2 Å². The number of anilines is 1. The van der Waals surface area contributed by atoms with Gasteiger partial charge in [-0.2, -0.15) is 0 Å². The average molecular weight is 343 g/mol. The summed E-state index contributed by atoms with van der Waals surface area (Å²) in [7, 11) is 4.63. The molecule has 5 heteroatoms. The molecule has 134 valence electrons. The Kier molecular flexibility index (Phi) is 6.28. The van der Waals surface area contributed by atoms with E-state index in [1.807, 2.05) is 0 Å². The van der Waals surface area contributed by atoms with E-state index >= 15 is 0 Å². The predicted octanol–water partition coefficient (Wildman–Crippen LogP) is 3.90. The van der Waals surface area contributed by atoms with Crippen LogP contribution in [-0.2, 0) is 11.2 Å². The van der Waals surface area contributed by atoms with Gasteiger partial charge in [-0.3, -0.25) is 4.79 Å². The van der Waals surface area contributed by atoms with Crippen LogP contribution < -0.4 is 19.5 Å². The van der Waals surface area contributed by atoms with E-state index in [9.17, 15) is 4.79 Å². The van der Waals surface area contributed by atoms with Crippen molar-refractivity contribution in [3.8, 4) is 17.2 Å². The highest BCUT2D eigenvalue weighted by atomic mass is 16.5. The molecule has 0 aliphatic rings. The third-order valence-corrected chi connectivity index (χ3v) is 4.07. The maximum absolute atomic E-state index is 12.3. The molecule has 0 saturated carbocycles. The zero-order chi connectivity index (χ0) is 18.4. The van der Waals surface area contributed by atoms with Crippen molar-refractivity contribution in [3.05, 3.63) is 47.0 Å². The first-order chi connectivity index (χ1) is 12.0. The van der Waals surface area contributed by atoms with Crippen LogP contribution in [0.4, 0.5) is 5.69 Å². The fourth-order valence-corrected chi connectivity index (χ4v) is 2.75. The quantitative estimate of drug-likeness (QED) is 0.828. The fraction of sp³-hybridized carbons (Fsp3) is 0.350. The first-order valence-corrected chi connectivity index (χ1v) is 8.14. The molecule has 0 aromatic heterocycles. The number of amides is 1. The largest absolute Gasteiger partial charge is 0.493 e. The Labute approximate surface area is 148 Å². The minimum atomic E-state index is -0.0609. The molecule has 0 saturated heterocycles. The molecule has 0 radical (unpaired) electrons. The summed E-state index contributed by atoms with van der Waals surface area (Å²) in [6.45, 7) is 4.13. The molecule has 0 bridgehead atoms. The monoisotopic (exact) mass is 343 g/mol. The lowest BCUT2D eigenvalue weighted by Gasteiger charge is -2.14. The van der Waals surface area contributed by atoms with E-state index in [4.69, 9.17) is 14.2 Å². The van der Waals surface area contributed by atoms with Gasteiger partial charge in [0.15, 0.2) is 11.5 Å². The van der Waals surface area contributed by atoms with Crippen molar-refractivity contribution in [2.75, 3.05) is 26.6 Å². The van der Waals surface area contributed by atoms with E-state index in [1.54, 1.807) is 33.5 Å². The summed E-state index contributed by atoms with van der Waals surface area (Å²) in [5, 5.41) is 2.89. The second kappa shape index (κ2) is 8.42. The van der Waals surface area contributed by atoms with E-state index in [2.05, 4.69) is 37.4 Å². The highest BCUT2D eigenvalue weighted by molar-refractivity contribution is 5.91. The molecule has 1 amide bonds. The zero-order valence-corrected chi connectivity index (χ0v) is 15.4. The van der Waals surface area contributed by atoms with Crippen molar-refractivity contribution in [1.82, 2.24) is 0 Å². The maximum atomic E-state index is 12.3. The van der Waals surface area contributed by atoms with Gasteiger partial charge in [0.1, 0.15) is 0 Å². The second-order valence-corrected chi connectivity index (χ2v) is 5.89. The Morgan fingerprint density at radius 3 is 2.12 bits per heavy atom. The van der Waals surface area contributed by atoms with Crippen LogP contribution in [0.3, 0.4) is 0 Å². The van der Waals surface area contributed by atoms with Gasteiger partial charge in [-0.1, -0.05) is 23.8 Å². The topological polar surface area (TPSA) is 56.8 Å². The second-order valence-electron chi connectivity index (χ2n) is 5.89. The standard InChI is InChI=1S/C20H25NO4/c1-13-6-7-15(14(2)10-13)8-9-19(22)21-16-11-17(23-3)20(25-5)18(12-16)24-4/h6-7,10-12H,8-9H2,1-5H3,(H,21,22). The Morgan fingerprint density at radius 2 is 1.60 bits per heavy atom. The molecule has 0 fully saturated rings. The van der Waals surface area contributed by atoms with Crippen molar-refractivity contribution in [3.63, 3.8) is 0 Å². The number of carbonyl (C=O) groups is 1. The summed E-state index contributed by atoms with van der Waals surface area (Å²) in [6.07, 6.45) is 1.10. The number of rotatable bonds is 7. The highest BCUT2D eigenvalue weighted by Crippen LogP contribution is 2.39. The number of methoxy groups -OCH3 is 3. The Hall–Kier alpha value is -2.69. The molecule has 5 nitrogen and oxygen atoms in total. The molecule has 0 heterocycles. The van der Waals surface area contributed by atoms with Crippen LogP contribution >= 0.6 is 0 Å². The normalized spacial score (nSPS) is 10.3. The molecule has 0 aliphatic heterocycles. The minimum Gasteiger partial charge on any atom is -0.493 e. The van der Waals surface area contributed by atoms with Gasteiger partial charge in [0.2, 0.25) is 11.7 Å². The maximum Gasteiger partial charge on any atom is 0.224 e. The van der Waals surface area contributed by atoms with Crippen molar-refractivity contribution in [2.45, 2.75) is 26.7 Å². The lowest BCUT2D eigenvalue weighted by Crippen LogP contribution is -2.13. The summed E-state index contributed by atoms with van der Waals surface area (Å²) >= 11 is 0. The molecule has 0 unspecified atom stereocenters. The summed E-state index contributed by atoms with van der Waals surface area (Å²) in [5.41, 5.74) is 4.23. The van der Waals surface area contributed by atoms with Crippen LogP contribution in [0.2, 0.25) is 0 Å². The van der Waals surface area contributed by atoms with Gasteiger partial charge in [0.05, 0.1) is 21.3 Å². The lowest BCUT2D eigenvalue weighted by molar-refractivity contribution is -0.116. The molecular weight excluding hydrogens is 318 g/mol. The van der Waals surface area contributed by atoms with Gasteiger partial charge in [-0.05, 0) is 31.4 Å². The summed E-state index contributed by atoms with van der Waals surface area (Å²) in [6, 6.07) is 9.72. The van der Waals surface area contributed by atoms with Crippen LogP contribution in [0.1, 0.15) is 23.1 Å². The molecule has 2 aromatic carbocycles. The summed E-state index contributed by atoms with van der Waals surface area (Å²) in [5.74, 6) is 1.45. The number of nitrogens with one attached hydrogen (secondary N) is 1. The van der Waals surface area contributed by atoms with Crippen LogP contribution in [0.25, 0.3) is 0 Å². The number of aryl methyl sites for hydroxylation is 3. The Bertz CT molecular complexity index is 730. The average Bonchev–Trinajstić information content (AvgIpc) is 2.60. The molecule has 0 spiro atoms. The van der Waals surface area contributed by atoms with Crippen LogP contribution in [-0.4, -0.2) is 27.2 Å². The van der Waals surface area contributed by atoms with Crippen molar-refractivity contribution in [2.24, 2.45) is 0 Å². The molecule has 25 heavy (non-hydrogen) atoms. The van der Waals surface area contributed by atoms with Gasteiger partial charge in [-0.25, -0.2) is 0 Å². The van der Waals surface area contributed by atoms with Gasteiger partial charge < -0.3 is 19.5 Å². The third kappa shape index (κ3) is 4.66. The smallest absolute Gasteiger partial charge is 0.224 e. The first-order valence-electron chi connectivity index (χ1n) is 8.14. The molecule has 2 rings (SSSR count). The minimum absolute atomic E-state index is 0.0609.